The fourth-order valence-electron chi connectivity index (χ4n) is 1.95. The summed E-state index contributed by atoms with van der Waals surface area (Å²) < 4.78 is 0. The van der Waals surface area contributed by atoms with E-state index in [0.29, 0.717) is 5.82 Å². The summed E-state index contributed by atoms with van der Waals surface area (Å²) in [5.41, 5.74) is 8.27. The highest BCUT2D eigenvalue weighted by Gasteiger charge is 2.04. The van der Waals surface area contributed by atoms with Gasteiger partial charge >= 0.3 is 0 Å². The lowest BCUT2D eigenvalue weighted by atomic mass is 10.1. The summed E-state index contributed by atoms with van der Waals surface area (Å²) in [6.45, 7) is 2.19. The van der Waals surface area contributed by atoms with E-state index >= 15 is 0 Å². The first-order valence-corrected chi connectivity index (χ1v) is 9.17. The summed E-state index contributed by atoms with van der Waals surface area (Å²) in [4.78, 5) is 13.1. The van der Waals surface area contributed by atoms with Crippen LogP contribution in [-0.4, -0.2) is 27.0 Å². The van der Waals surface area contributed by atoms with E-state index in [9.17, 15) is 0 Å². The molecule has 21 heavy (non-hydrogen) atoms. The number of thioether (sulfide) groups is 2. The molecule has 0 fully saturated rings. The molecule has 0 saturated carbocycles. The second-order valence-electron chi connectivity index (χ2n) is 4.62. The molecule has 2 N–H and O–H groups in total. The van der Waals surface area contributed by atoms with Crippen molar-refractivity contribution in [2.75, 3.05) is 17.7 Å². The number of pyridine rings is 1. The summed E-state index contributed by atoms with van der Waals surface area (Å²) in [5, 5.41) is 1.65. The van der Waals surface area contributed by atoms with Crippen molar-refractivity contribution in [2.24, 2.45) is 0 Å². The van der Waals surface area contributed by atoms with Crippen LogP contribution in [0.1, 0.15) is 24.6 Å². The van der Waals surface area contributed by atoms with E-state index in [-0.39, 0.29) is 0 Å². The van der Waals surface area contributed by atoms with Crippen molar-refractivity contribution in [1.82, 2.24) is 15.0 Å². The largest absolute Gasteiger partial charge is 0.384 e. The summed E-state index contributed by atoms with van der Waals surface area (Å²) in [7, 11) is 0. The number of rotatable bonds is 7. The van der Waals surface area contributed by atoms with E-state index in [4.69, 9.17) is 5.73 Å². The number of aryl methyl sites for hydroxylation is 2. The third-order valence-corrected chi connectivity index (χ3v) is 4.40. The fourth-order valence-corrected chi connectivity index (χ4v) is 3.25. The second-order valence-corrected chi connectivity index (χ2v) is 6.51. The Bertz CT molecular complexity index is 590. The van der Waals surface area contributed by atoms with Crippen LogP contribution in [0.4, 0.5) is 5.82 Å². The molecule has 0 spiro atoms. The van der Waals surface area contributed by atoms with Crippen molar-refractivity contribution >= 4 is 29.3 Å². The van der Waals surface area contributed by atoms with Gasteiger partial charge in [-0.1, -0.05) is 25.1 Å². The molecule has 2 rings (SSSR count). The van der Waals surface area contributed by atoms with Gasteiger partial charge in [-0.05, 0) is 36.8 Å². The summed E-state index contributed by atoms with van der Waals surface area (Å²) in [6.07, 6.45) is 7.06. The molecule has 0 amide bonds. The van der Waals surface area contributed by atoms with Crippen molar-refractivity contribution in [3.63, 3.8) is 0 Å². The molecule has 2 aromatic heterocycles. The van der Waals surface area contributed by atoms with Crippen molar-refractivity contribution in [2.45, 2.75) is 36.4 Å². The summed E-state index contributed by atoms with van der Waals surface area (Å²) in [5.74, 6) is 1.43. The van der Waals surface area contributed by atoms with E-state index in [1.807, 2.05) is 12.5 Å². The van der Waals surface area contributed by atoms with Crippen LogP contribution in [0, 0.1) is 0 Å². The average Bonchev–Trinajstić information content (AvgIpc) is 2.47. The Labute approximate surface area is 134 Å². The minimum absolute atomic E-state index is 0.528. The van der Waals surface area contributed by atoms with Gasteiger partial charge in [-0.2, -0.15) is 0 Å². The predicted octanol–water partition coefficient (Wildman–Crippen LogP) is 3.46. The monoisotopic (exact) mass is 320 g/mol. The maximum atomic E-state index is 5.78. The van der Waals surface area contributed by atoms with Crippen LogP contribution in [0.15, 0.2) is 34.6 Å². The molecule has 0 unspecified atom stereocenters. The molecule has 2 aromatic rings. The highest BCUT2D eigenvalue weighted by Crippen LogP contribution is 2.21. The van der Waals surface area contributed by atoms with Gasteiger partial charge in [0.1, 0.15) is 10.8 Å². The lowest BCUT2D eigenvalue weighted by Crippen LogP contribution is -1.98. The smallest absolute Gasteiger partial charge is 0.190 e. The van der Waals surface area contributed by atoms with Crippen LogP contribution >= 0.6 is 23.5 Å². The predicted molar refractivity (Wildman–Crippen MR) is 90.9 cm³/mol. The molecule has 4 nitrogen and oxygen atoms in total. The van der Waals surface area contributed by atoms with Gasteiger partial charge in [0.05, 0.1) is 0 Å². The van der Waals surface area contributed by atoms with Crippen LogP contribution in [-0.2, 0) is 12.8 Å². The van der Waals surface area contributed by atoms with Gasteiger partial charge in [-0.15, -0.1) is 11.8 Å². The van der Waals surface area contributed by atoms with Crippen molar-refractivity contribution in [3.8, 4) is 0 Å². The SMILES string of the molecule is CCCc1ccnc(CCSc2nc(N)cc(SC)n2)c1. The van der Waals surface area contributed by atoms with Gasteiger partial charge in [-0.3, -0.25) is 4.98 Å². The number of nitrogens with zero attached hydrogens (tertiary/aromatic N) is 3. The molecular weight excluding hydrogens is 300 g/mol. The quantitative estimate of drug-likeness (QED) is 0.479. The third kappa shape index (κ3) is 5.21. The van der Waals surface area contributed by atoms with Crippen LogP contribution < -0.4 is 5.73 Å². The molecule has 0 radical (unpaired) electrons. The first-order valence-electron chi connectivity index (χ1n) is 6.96. The summed E-state index contributed by atoms with van der Waals surface area (Å²) >= 11 is 3.20. The highest BCUT2D eigenvalue weighted by molar-refractivity contribution is 7.99. The molecule has 0 bridgehead atoms. The summed E-state index contributed by atoms with van der Waals surface area (Å²) in [6, 6.07) is 6.08. The Morgan fingerprint density at radius 1 is 1.19 bits per heavy atom. The Morgan fingerprint density at radius 3 is 2.81 bits per heavy atom. The van der Waals surface area contributed by atoms with Gasteiger partial charge in [0.25, 0.3) is 0 Å². The zero-order valence-electron chi connectivity index (χ0n) is 12.4. The molecule has 112 valence electrons. The van der Waals surface area contributed by atoms with Crippen LogP contribution in [0.25, 0.3) is 0 Å². The Kier molecular flexibility index (Phi) is 6.32. The molecule has 0 atom stereocenters. The lowest BCUT2D eigenvalue weighted by molar-refractivity contribution is 0.895. The van der Waals surface area contributed by atoms with Gasteiger partial charge in [0, 0.05) is 23.7 Å². The minimum Gasteiger partial charge on any atom is -0.384 e. The number of anilines is 1. The van der Waals surface area contributed by atoms with Gasteiger partial charge in [0.2, 0.25) is 0 Å². The van der Waals surface area contributed by atoms with E-state index in [0.717, 1.165) is 40.9 Å². The Balaban J connectivity index is 1.92. The van der Waals surface area contributed by atoms with Gasteiger partial charge in [-0.25, -0.2) is 9.97 Å². The van der Waals surface area contributed by atoms with Crippen molar-refractivity contribution < 1.29 is 0 Å². The molecule has 6 heteroatoms. The second kappa shape index (κ2) is 8.24. The zero-order chi connectivity index (χ0) is 15.1. The van der Waals surface area contributed by atoms with Crippen molar-refractivity contribution in [1.29, 1.82) is 0 Å². The average molecular weight is 320 g/mol. The molecule has 2 heterocycles. The number of hydrogen-bond acceptors (Lipinski definition) is 6. The Hall–Kier alpha value is -1.27. The Morgan fingerprint density at radius 2 is 2.05 bits per heavy atom. The first kappa shape index (κ1) is 16.1. The fraction of sp³-hybridized carbons (Fsp3) is 0.400. The molecule has 0 aliphatic heterocycles. The zero-order valence-corrected chi connectivity index (χ0v) is 14.0. The standard InChI is InChI=1S/C15H20N4S2/c1-3-4-11-5-7-17-12(9-11)6-8-21-15-18-13(16)10-14(19-15)20-2/h5,7,9-10H,3-4,6,8H2,1-2H3,(H2,16,18,19). The van der Waals surface area contributed by atoms with Crippen molar-refractivity contribution in [3.05, 3.63) is 35.7 Å². The van der Waals surface area contributed by atoms with Crippen LogP contribution in [0.2, 0.25) is 0 Å². The molecule has 0 aliphatic carbocycles. The topological polar surface area (TPSA) is 64.7 Å². The van der Waals surface area contributed by atoms with Gasteiger partial charge in [0.15, 0.2) is 5.16 Å². The molecule has 0 aromatic carbocycles. The first-order chi connectivity index (χ1) is 10.2. The maximum Gasteiger partial charge on any atom is 0.190 e. The third-order valence-electron chi connectivity index (χ3n) is 2.92. The number of nitrogen functional groups attached to an aromatic ring is 1. The maximum absolute atomic E-state index is 5.78. The van der Waals surface area contributed by atoms with E-state index in [1.54, 1.807) is 29.6 Å². The number of nitrogens with two attached hydrogens (primary N) is 1. The normalized spacial score (nSPS) is 10.8. The molecule has 0 aliphatic rings. The minimum atomic E-state index is 0.528. The van der Waals surface area contributed by atoms with E-state index in [1.165, 1.54) is 5.56 Å². The van der Waals surface area contributed by atoms with E-state index in [2.05, 4.69) is 34.0 Å². The molecule has 0 saturated heterocycles. The molecular formula is C15H20N4S2. The number of aromatic nitrogens is 3. The van der Waals surface area contributed by atoms with Crippen LogP contribution in [0.5, 0.6) is 0 Å². The highest BCUT2D eigenvalue weighted by atomic mass is 32.2. The van der Waals surface area contributed by atoms with Crippen LogP contribution in [0.3, 0.4) is 0 Å². The lowest BCUT2D eigenvalue weighted by Gasteiger charge is -2.05. The number of hydrogen-bond donors (Lipinski definition) is 1. The van der Waals surface area contributed by atoms with Gasteiger partial charge < -0.3 is 5.73 Å². The van der Waals surface area contributed by atoms with E-state index < -0.39 is 0 Å².